The van der Waals surface area contributed by atoms with Crippen LogP contribution in [0.15, 0.2) is 35.3 Å². The zero-order valence-corrected chi connectivity index (χ0v) is 15.4. The minimum Gasteiger partial charge on any atom is -0.861 e. The number of aliphatic imine (C=N–C) groups is 1. The molecule has 0 aromatic heterocycles. The Hall–Kier alpha value is -1.55. The molecule has 25 heavy (non-hydrogen) atoms. The summed E-state index contributed by atoms with van der Waals surface area (Å²) in [4.78, 5) is 28.8. The zero-order chi connectivity index (χ0) is 17.6. The standard InChI is InChI=1S/C16H19N3O4S.Co/c1-16(2)11(15(22)23)19-13(21)10(14(19)24-16)18-12(20)9(17)8-6-4-3-5-7-8;/h3-7,9-11,14H,17H2,1-2H3,(H,18,20)(H,22,23);/q;+2/p-2/t9-,10-,11+,14-;/m1./s1. The van der Waals surface area contributed by atoms with Crippen LogP contribution in [0.3, 0.4) is 0 Å². The van der Waals surface area contributed by atoms with Crippen molar-refractivity contribution in [3.63, 3.8) is 0 Å². The van der Waals surface area contributed by atoms with Crippen molar-refractivity contribution in [1.29, 1.82) is 0 Å². The van der Waals surface area contributed by atoms with Crippen LogP contribution in [0.4, 0.5) is 0 Å². The molecule has 0 saturated carbocycles. The van der Waals surface area contributed by atoms with Gasteiger partial charge in [-0.1, -0.05) is 30.3 Å². The molecule has 7 nitrogen and oxygen atoms in total. The molecule has 3 rings (SSSR count). The first-order chi connectivity index (χ1) is 11.2. The number of aliphatic carboxylic acids is 1. The van der Waals surface area contributed by atoms with Gasteiger partial charge in [-0.3, -0.25) is 9.79 Å². The molecule has 1 aromatic carbocycles. The summed E-state index contributed by atoms with van der Waals surface area (Å²) in [5, 5.41) is 23.1. The van der Waals surface area contributed by atoms with E-state index in [0.29, 0.717) is 5.56 Å². The summed E-state index contributed by atoms with van der Waals surface area (Å²) in [7, 11) is 0. The Morgan fingerprint density at radius 1 is 1.32 bits per heavy atom. The maximum Gasteiger partial charge on any atom is 2.00 e. The summed E-state index contributed by atoms with van der Waals surface area (Å²) in [5.41, 5.74) is 6.51. The summed E-state index contributed by atoms with van der Waals surface area (Å²) < 4.78 is -0.700. The van der Waals surface area contributed by atoms with Crippen LogP contribution in [-0.4, -0.2) is 44.9 Å². The molecule has 2 fully saturated rings. The molecule has 1 amide bonds. The number of fused-ring (bicyclic) bond motifs is 1. The van der Waals surface area contributed by atoms with E-state index in [4.69, 9.17) is 5.73 Å². The van der Waals surface area contributed by atoms with Crippen molar-refractivity contribution in [3.8, 4) is 0 Å². The minimum absolute atomic E-state index is 0. The van der Waals surface area contributed by atoms with Gasteiger partial charge < -0.3 is 25.6 Å². The summed E-state index contributed by atoms with van der Waals surface area (Å²) >= 11 is 1.31. The van der Waals surface area contributed by atoms with Crippen LogP contribution in [0.5, 0.6) is 0 Å². The van der Waals surface area contributed by atoms with Gasteiger partial charge >= 0.3 is 16.8 Å². The first kappa shape index (κ1) is 19.8. The molecule has 2 N–H and O–H groups in total. The third-order valence-electron chi connectivity index (χ3n) is 4.33. The average molecular weight is 406 g/mol. The second kappa shape index (κ2) is 6.98. The topological polar surface area (TPSA) is 122 Å². The fourth-order valence-electron chi connectivity index (χ4n) is 3.11. The fourth-order valence-corrected chi connectivity index (χ4v) is 4.72. The predicted molar refractivity (Wildman–Crippen MR) is 85.7 cm³/mol. The summed E-state index contributed by atoms with van der Waals surface area (Å²) in [6.07, 6.45) is 0. The number of carbonyl (C=O) groups excluding carboxylic acids is 2. The van der Waals surface area contributed by atoms with Gasteiger partial charge in [0, 0.05) is 4.75 Å². The van der Waals surface area contributed by atoms with Crippen LogP contribution in [0.1, 0.15) is 25.5 Å². The number of rotatable bonds is 4. The molecule has 0 spiro atoms. The third kappa shape index (κ3) is 3.29. The summed E-state index contributed by atoms with van der Waals surface area (Å²) in [6.45, 7) is 3.47. The van der Waals surface area contributed by atoms with E-state index in [0.717, 1.165) is 0 Å². The van der Waals surface area contributed by atoms with E-state index in [2.05, 4.69) is 4.99 Å². The number of β-lactam (4-membered cyclic amide) rings is 1. The van der Waals surface area contributed by atoms with Gasteiger partial charge in [-0.15, -0.1) is 11.8 Å². The van der Waals surface area contributed by atoms with E-state index >= 15 is 0 Å². The summed E-state index contributed by atoms with van der Waals surface area (Å²) in [6, 6.07) is 5.91. The van der Waals surface area contributed by atoms with Gasteiger partial charge in [0.2, 0.25) is 0 Å². The molecule has 2 heterocycles. The molecule has 9 heteroatoms. The van der Waals surface area contributed by atoms with Crippen LogP contribution < -0.4 is 15.9 Å². The Morgan fingerprint density at radius 2 is 1.92 bits per heavy atom. The Bertz CT molecular complexity index is 713. The smallest absolute Gasteiger partial charge is 0.861 e. The van der Waals surface area contributed by atoms with E-state index < -0.39 is 46.0 Å². The number of amides is 1. The maximum atomic E-state index is 12.3. The van der Waals surface area contributed by atoms with Gasteiger partial charge in [0.05, 0.1) is 18.1 Å². The zero-order valence-electron chi connectivity index (χ0n) is 13.5. The molecule has 4 atom stereocenters. The molecular formula is C16H17CoN3O4S. The van der Waals surface area contributed by atoms with Gasteiger partial charge in [-0.2, -0.15) is 0 Å². The van der Waals surface area contributed by atoms with E-state index in [9.17, 15) is 19.8 Å². The van der Waals surface area contributed by atoms with Crippen molar-refractivity contribution in [3.05, 3.63) is 35.9 Å². The number of nitrogens with zero attached hydrogens (tertiary/aromatic N) is 2. The molecule has 1 radical (unpaired) electrons. The number of carbonyl (C=O) groups is 2. The van der Waals surface area contributed by atoms with Gasteiger partial charge in [-0.05, 0) is 25.3 Å². The van der Waals surface area contributed by atoms with Gasteiger partial charge in [0.25, 0.3) is 5.91 Å². The van der Waals surface area contributed by atoms with Crippen LogP contribution >= 0.6 is 11.8 Å². The Kier molecular flexibility index (Phi) is 5.52. The van der Waals surface area contributed by atoms with Crippen molar-refractivity contribution in [2.75, 3.05) is 0 Å². The van der Waals surface area contributed by atoms with Crippen LogP contribution in [-0.2, 0) is 26.4 Å². The second-order valence-corrected chi connectivity index (χ2v) is 8.15. The molecular weight excluding hydrogens is 389 g/mol. The third-order valence-corrected chi connectivity index (χ3v) is 5.88. The molecule has 2 saturated heterocycles. The average Bonchev–Trinajstić information content (AvgIpc) is 2.80. The van der Waals surface area contributed by atoms with E-state index in [1.165, 1.54) is 16.7 Å². The minimum atomic E-state index is -1.30. The number of carboxylic acid groups (broad SMARTS) is 1. The molecule has 0 aliphatic carbocycles. The van der Waals surface area contributed by atoms with Crippen LogP contribution in [0.2, 0.25) is 0 Å². The number of nitrogens with two attached hydrogens (primary N) is 1. The number of thioether (sulfide) groups is 1. The molecule has 1 aromatic rings. The fraction of sp³-hybridized carbons (Fsp3) is 0.438. The largest absolute Gasteiger partial charge is 2.00 e. The van der Waals surface area contributed by atoms with Crippen molar-refractivity contribution >= 4 is 29.5 Å². The van der Waals surface area contributed by atoms with Crippen LogP contribution in [0, 0.1) is 0 Å². The molecule has 2 aliphatic heterocycles. The molecule has 2 aliphatic rings. The van der Waals surface area contributed by atoms with Crippen molar-refractivity contribution < 1.29 is 36.6 Å². The Balaban J connectivity index is 0.00000225. The SMILES string of the molecule is CC1(C)S[C@@H]2[C@H](N=C([O-])[C@H](N)c3ccccc3)C(=O)N2[C@H]1C(=O)[O-].[Co+2]. The number of hydrogen-bond acceptors (Lipinski definition) is 7. The van der Waals surface area contributed by atoms with Crippen LogP contribution in [0.25, 0.3) is 0 Å². The Labute approximate surface area is 159 Å². The van der Waals surface area contributed by atoms with E-state index in [-0.39, 0.29) is 16.8 Å². The van der Waals surface area contributed by atoms with Gasteiger partial charge in [0.15, 0.2) is 6.04 Å². The van der Waals surface area contributed by atoms with E-state index in [1.54, 1.807) is 38.1 Å². The normalized spacial score (nSPS) is 28.6. The van der Waals surface area contributed by atoms with Gasteiger partial charge in [0.1, 0.15) is 5.37 Å². The first-order valence-corrected chi connectivity index (χ1v) is 8.38. The molecule has 0 bridgehead atoms. The van der Waals surface area contributed by atoms with Crippen molar-refractivity contribution in [2.45, 2.75) is 42.1 Å². The second-order valence-electron chi connectivity index (χ2n) is 6.38. The molecule has 135 valence electrons. The monoisotopic (exact) mass is 406 g/mol. The maximum absolute atomic E-state index is 12.3. The number of hydrogen-bond donors (Lipinski definition) is 1. The predicted octanol–water partition coefficient (Wildman–Crippen LogP) is -1.38. The molecule has 0 unspecified atom stereocenters. The number of benzene rings is 1. The summed E-state index contributed by atoms with van der Waals surface area (Å²) in [5.74, 6) is -2.36. The van der Waals surface area contributed by atoms with Crippen molar-refractivity contribution in [1.82, 2.24) is 4.90 Å². The number of carboxylic acids is 1. The van der Waals surface area contributed by atoms with E-state index in [1.807, 2.05) is 6.07 Å². The van der Waals surface area contributed by atoms with Gasteiger partial charge in [-0.25, -0.2) is 0 Å². The quantitative estimate of drug-likeness (QED) is 0.374. The first-order valence-electron chi connectivity index (χ1n) is 7.50. The Morgan fingerprint density at radius 3 is 2.48 bits per heavy atom. The van der Waals surface area contributed by atoms with Crippen molar-refractivity contribution in [2.24, 2.45) is 10.7 Å².